The standard InChI is InChI=1S/C42H29N3O.C7H8/c43-41(30-18-8-3-9-19-30)45-42(44)35-24-23-34(33-22-12-20-28-17-10-11-21-32(28)33)40-38(35)37-26-31(27-13-4-1-5-14-27)25-36(39(37)46-40)29-15-6-2-7-16-29;1-7-5-3-2-4-6-7/h1-26H,(H3,43,44,45);2-6H,1H3. The van der Waals surface area contributed by atoms with Crippen molar-refractivity contribution in [2.24, 2.45) is 10.7 Å². The maximum absolute atomic E-state index is 9.24. The average molecular weight is 684 g/mol. The summed E-state index contributed by atoms with van der Waals surface area (Å²) in [4.78, 5) is 4.60. The Kier molecular flexibility index (Phi) is 9.17. The van der Waals surface area contributed by atoms with Gasteiger partial charge in [0.05, 0.1) is 0 Å². The number of rotatable bonds is 5. The smallest absolute Gasteiger partial charge is 0.154 e. The van der Waals surface area contributed by atoms with Gasteiger partial charge in [-0.25, -0.2) is 4.99 Å². The van der Waals surface area contributed by atoms with E-state index in [1.165, 1.54) is 5.56 Å². The molecule has 1 aromatic heterocycles. The second kappa shape index (κ2) is 14.7. The lowest BCUT2D eigenvalue weighted by molar-refractivity contribution is 0.671. The van der Waals surface area contributed by atoms with Crippen molar-refractivity contribution in [1.29, 1.82) is 5.41 Å². The van der Waals surface area contributed by atoms with Crippen molar-refractivity contribution in [2.75, 3.05) is 0 Å². The molecule has 0 aliphatic carbocycles. The molecular weight excluding hydrogens is 647 g/mol. The molecular formula is C49H37N3O. The predicted molar refractivity (Wildman–Crippen MR) is 223 cm³/mol. The number of fused-ring (bicyclic) bond motifs is 4. The van der Waals surface area contributed by atoms with E-state index in [1.807, 2.05) is 84.9 Å². The quantitative estimate of drug-likeness (QED) is 0.140. The monoisotopic (exact) mass is 683 g/mol. The molecule has 0 radical (unpaired) electrons. The fourth-order valence-electron chi connectivity index (χ4n) is 6.87. The van der Waals surface area contributed by atoms with Gasteiger partial charge < -0.3 is 10.2 Å². The maximum atomic E-state index is 9.24. The molecule has 9 aromatic rings. The normalized spacial score (nSPS) is 11.4. The molecule has 0 atom stereocenters. The van der Waals surface area contributed by atoms with Crippen LogP contribution in [0.15, 0.2) is 197 Å². The van der Waals surface area contributed by atoms with Crippen molar-refractivity contribution in [3.63, 3.8) is 0 Å². The minimum atomic E-state index is 0.0740. The van der Waals surface area contributed by atoms with Crippen LogP contribution in [0.2, 0.25) is 0 Å². The van der Waals surface area contributed by atoms with E-state index in [9.17, 15) is 5.41 Å². The van der Waals surface area contributed by atoms with E-state index < -0.39 is 0 Å². The van der Waals surface area contributed by atoms with Gasteiger partial charge in [-0.1, -0.05) is 169 Å². The van der Waals surface area contributed by atoms with Crippen LogP contribution in [-0.4, -0.2) is 11.7 Å². The highest BCUT2D eigenvalue weighted by Crippen LogP contribution is 2.45. The highest BCUT2D eigenvalue weighted by atomic mass is 16.3. The first-order valence-corrected chi connectivity index (χ1v) is 17.7. The van der Waals surface area contributed by atoms with Crippen molar-refractivity contribution < 1.29 is 4.42 Å². The molecule has 0 saturated heterocycles. The van der Waals surface area contributed by atoms with Crippen molar-refractivity contribution in [2.45, 2.75) is 6.92 Å². The second-order valence-electron chi connectivity index (χ2n) is 13.0. The number of hydrogen-bond donors (Lipinski definition) is 2. The Labute approximate surface area is 309 Å². The maximum Gasteiger partial charge on any atom is 0.154 e. The number of aliphatic imine (C=N–C) groups is 1. The third kappa shape index (κ3) is 6.74. The molecule has 0 saturated carbocycles. The van der Waals surface area contributed by atoms with Crippen LogP contribution in [0.25, 0.3) is 66.1 Å². The van der Waals surface area contributed by atoms with Gasteiger partial charge in [-0.05, 0) is 64.2 Å². The Morgan fingerprint density at radius 1 is 0.509 bits per heavy atom. The molecule has 3 N–H and O–H groups in total. The van der Waals surface area contributed by atoms with E-state index in [4.69, 9.17) is 10.2 Å². The van der Waals surface area contributed by atoms with Crippen LogP contribution in [0.4, 0.5) is 0 Å². The third-order valence-electron chi connectivity index (χ3n) is 9.49. The molecule has 254 valence electrons. The Morgan fingerprint density at radius 2 is 1.11 bits per heavy atom. The predicted octanol–water partition coefficient (Wildman–Crippen LogP) is 12.5. The Morgan fingerprint density at radius 3 is 1.79 bits per heavy atom. The third-order valence-corrected chi connectivity index (χ3v) is 9.49. The van der Waals surface area contributed by atoms with E-state index in [1.54, 1.807) is 0 Å². The number of nitrogens with zero attached hydrogens (tertiary/aromatic N) is 1. The van der Waals surface area contributed by atoms with E-state index >= 15 is 0 Å². The summed E-state index contributed by atoms with van der Waals surface area (Å²) in [5, 5.41) is 13.3. The van der Waals surface area contributed by atoms with Crippen LogP contribution in [-0.2, 0) is 0 Å². The zero-order valence-electron chi connectivity index (χ0n) is 29.3. The number of benzene rings is 8. The molecule has 0 spiro atoms. The van der Waals surface area contributed by atoms with Gasteiger partial charge in [-0.3, -0.25) is 5.41 Å². The Hall–Kier alpha value is -7.04. The van der Waals surface area contributed by atoms with E-state index in [-0.39, 0.29) is 5.84 Å². The summed E-state index contributed by atoms with van der Waals surface area (Å²) in [5.41, 5.74) is 16.9. The summed E-state index contributed by atoms with van der Waals surface area (Å²) < 4.78 is 6.97. The number of nitrogens with two attached hydrogens (primary N) is 1. The van der Waals surface area contributed by atoms with Crippen LogP contribution in [0.5, 0.6) is 0 Å². The molecule has 1 heterocycles. The summed E-state index contributed by atoms with van der Waals surface area (Å²) in [6.07, 6.45) is 0. The first-order valence-electron chi connectivity index (χ1n) is 17.7. The van der Waals surface area contributed by atoms with Crippen molar-refractivity contribution in [3.8, 4) is 33.4 Å². The van der Waals surface area contributed by atoms with Crippen molar-refractivity contribution in [1.82, 2.24) is 0 Å². The molecule has 0 aliphatic heterocycles. The highest BCUT2D eigenvalue weighted by Gasteiger charge is 2.22. The van der Waals surface area contributed by atoms with Crippen LogP contribution in [0.3, 0.4) is 0 Å². The number of amidine groups is 2. The lowest BCUT2D eigenvalue weighted by Gasteiger charge is -2.10. The van der Waals surface area contributed by atoms with E-state index in [0.29, 0.717) is 17.0 Å². The summed E-state index contributed by atoms with van der Waals surface area (Å²) in [7, 11) is 0. The fraction of sp³-hybridized carbons (Fsp3) is 0.0204. The van der Waals surface area contributed by atoms with Crippen molar-refractivity contribution in [3.05, 3.63) is 205 Å². The topological polar surface area (TPSA) is 75.4 Å². The van der Waals surface area contributed by atoms with Crippen LogP contribution >= 0.6 is 0 Å². The fourth-order valence-corrected chi connectivity index (χ4v) is 6.87. The first kappa shape index (κ1) is 33.1. The molecule has 0 fully saturated rings. The zero-order chi connectivity index (χ0) is 36.1. The van der Waals surface area contributed by atoms with E-state index in [0.717, 1.165) is 66.1 Å². The number of nitrogens with one attached hydrogen (secondary N) is 1. The van der Waals surface area contributed by atoms with Gasteiger partial charge in [0.25, 0.3) is 0 Å². The summed E-state index contributed by atoms with van der Waals surface area (Å²) in [5.74, 6) is 0.365. The lowest BCUT2D eigenvalue weighted by Crippen LogP contribution is -2.15. The van der Waals surface area contributed by atoms with Gasteiger partial charge in [0.1, 0.15) is 17.0 Å². The molecule has 8 aromatic carbocycles. The van der Waals surface area contributed by atoms with Gasteiger partial charge in [0, 0.05) is 33.0 Å². The molecule has 9 rings (SSSR count). The van der Waals surface area contributed by atoms with Gasteiger partial charge in [-0.15, -0.1) is 0 Å². The van der Waals surface area contributed by atoms with Crippen LogP contribution in [0, 0.1) is 12.3 Å². The Bertz CT molecular complexity index is 2730. The summed E-state index contributed by atoms with van der Waals surface area (Å²) in [6, 6.07) is 63.6. The van der Waals surface area contributed by atoms with Crippen LogP contribution < -0.4 is 5.73 Å². The largest absolute Gasteiger partial charge is 0.455 e. The molecule has 0 amide bonds. The molecule has 4 nitrogen and oxygen atoms in total. The minimum Gasteiger partial charge on any atom is -0.455 e. The number of aryl methyl sites for hydroxylation is 1. The number of furan rings is 1. The lowest BCUT2D eigenvalue weighted by atomic mass is 9.92. The van der Waals surface area contributed by atoms with Crippen LogP contribution in [0.1, 0.15) is 16.7 Å². The molecule has 53 heavy (non-hydrogen) atoms. The number of hydrogen-bond acceptors (Lipinski definition) is 2. The minimum absolute atomic E-state index is 0.0740. The van der Waals surface area contributed by atoms with Gasteiger partial charge in [0.2, 0.25) is 0 Å². The van der Waals surface area contributed by atoms with Gasteiger partial charge in [0.15, 0.2) is 5.84 Å². The summed E-state index contributed by atoms with van der Waals surface area (Å²) >= 11 is 0. The SMILES string of the molecule is Cc1ccccc1.N=C(N=C(N)c1ccccc1)c1ccc(-c2cccc3ccccc23)c2oc3c(-c4ccccc4)cc(-c4ccccc4)cc3c12. The molecule has 0 bridgehead atoms. The highest BCUT2D eigenvalue weighted by molar-refractivity contribution is 6.24. The molecule has 0 unspecified atom stereocenters. The zero-order valence-corrected chi connectivity index (χ0v) is 29.3. The second-order valence-corrected chi connectivity index (χ2v) is 13.0. The van der Waals surface area contributed by atoms with E-state index in [2.05, 4.69) is 115 Å². The van der Waals surface area contributed by atoms with Gasteiger partial charge >= 0.3 is 0 Å². The van der Waals surface area contributed by atoms with Gasteiger partial charge in [-0.2, -0.15) is 0 Å². The molecule has 0 aliphatic rings. The van der Waals surface area contributed by atoms with Crippen molar-refractivity contribution >= 4 is 44.4 Å². The molecule has 4 heteroatoms. The first-order chi connectivity index (χ1) is 26.0. The summed E-state index contributed by atoms with van der Waals surface area (Å²) in [6.45, 7) is 2.08. The Balaban J connectivity index is 0.000000515. The average Bonchev–Trinajstić information content (AvgIpc) is 3.61.